The zero-order valence-corrected chi connectivity index (χ0v) is 17.5. The van der Waals surface area contributed by atoms with Crippen molar-refractivity contribution in [1.29, 1.82) is 0 Å². The van der Waals surface area contributed by atoms with Gasteiger partial charge in [-0.2, -0.15) is 13.2 Å². The predicted octanol–water partition coefficient (Wildman–Crippen LogP) is 4.85. The molecule has 0 spiro atoms. The van der Waals surface area contributed by atoms with Gasteiger partial charge in [-0.25, -0.2) is 4.39 Å². The van der Waals surface area contributed by atoms with Gasteiger partial charge in [0.2, 0.25) is 0 Å². The van der Waals surface area contributed by atoms with Gasteiger partial charge in [0.25, 0.3) is 11.8 Å². The molecule has 0 bridgehead atoms. The quantitative estimate of drug-likeness (QED) is 0.355. The number of carbonyl (C=O) groups excluding carboxylic acids is 2. The smallest absolute Gasteiger partial charge is 0.379 e. The number of carbonyl (C=O) groups is 2. The minimum absolute atomic E-state index is 0.000535. The van der Waals surface area contributed by atoms with Gasteiger partial charge in [0, 0.05) is 18.8 Å². The molecule has 0 aliphatic carbocycles. The van der Waals surface area contributed by atoms with Crippen LogP contribution in [-0.4, -0.2) is 36.0 Å². The number of alkyl halides is 3. The lowest BCUT2D eigenvalue weighted by Crippen LogP contribution is -2.34. The lowest BCUT2D eigenvalue weighted by molar-refractivity contribution is -0.138. The van der Waals surface area contributed by atoms with E-state index in [0.717, 1.165) is 29.2 Å². The summed E-state index contributed by atoms with van der Waals surface area (Å²) in [6.07, 6.45) is -4.18. The van der Waals surface area contributed by atoms with Gasteiger partial charge in [-0.15, -0.1) is 0 Å². The Morgan fingerprint density at radius 2 is 1.72 bits per heavy atom. The molecule has 3 rings (SSSR count). The number of ether oxygens (including phenoxy) is 1. The van der Waals surface area contributed by atoms with E-state index < -0.39 is 29.4 Å². The zero-order chi connectivity index (χ0) is 23.5. The minimum atomic E-state index is -4.57. The summed E-state index contributed by atoms with van der Waals surface area (Å²) in [5.41, 5.74) is -0.811. The summed E-state index contributed by atoms with van der Waals surface area (Å²) in [5, 5.41) is 2.68. The number of nitrogens with one attached hydrogen (secondary N) is 1. The Bertz CT molecular complexity index is 1030. The van der Waals surface area contributed by atoms with E-state index in [0.29, 0.717) is 13.0 Å². The molecule has 32 heavy (non-hydrogen) atoms. The number of halogens is 4. The van der Waals surface area contributed by atoms with Crippen LogP contribution in [0.1, 0.15) is 31.4 Å². The number of rotatable bonds is 8. The van der Waals surface area contributed by atoms with Crippen LogP contribution in [0.4, 0.5) is 23.2 Å². The van der Waals surface area contributed by atoms with Crippen LogP contribution in [0.25, 0.3) is 5.57 Å². The van der Waals surface area contributed by atoms with Crippen molar-refractivity contribution in [2.24, 2.45) is 0 Å². The second-order valence-corrected chi connectivity index (χ2v) is 7.50. The van der Waals surface area contributed by atoms with E-state index in [1.807, 2.05) is 13.8 Å². The fourth-order valence-corrected chi connectivity index (χ4v) is 3.24. The standard InChI is InChI=1S/C23H22F4N2O3/c1-14(2)32-12-4-11-29-21(30)19(15-7-9-17(24)10-8-15)20(22(29)31)28-18-6-3-5-16(13-18)23(25,26)27/h3,5-10,13-14,28H,4,11-12H2,1-2H3. The second kappa shape index (κ2) is 9.52. The molecular weight excluding hydrogens is 428 g/mol. The molecule has 9 heteroatoms. The molecule has 1 heterocycles. The van der Waals surface area contributed by atoms with E-state index in [1.54, 1.807) is 0 Å². The van der Waals surface area contributed by atoms with Crippen molar-refractivity contribution in [2.75, 3.05) is 18.5 Å². The van der Waals surface area contributed by atoms with Crippen molar-refractivity contribution in [2.45, 2.75) is 32.5 Å². The molecule has 1 N–H and O–H groups in total. The van der Waals surface area contributed by atoms with Gasteiger partial charge in [-0.05, 0) is 56.2 Å². The van der Waals surface area contributed by atoms with E-state index in [9.17, 15) is 27.2 Å². The molecule has 2 aromatic carbocycles. The first kappa shape index (κ1) is 23.5. The van der Waals surface area contributed by atoms with Crippen molar-refractivity contribution < 1.29 is 31.9 Å². The van der Waals surface area contributed by atoms with E-state index in [4.69, 9.17) is 4.74 Å². The maximum atomic E-state index is 13.4. The molecule has 2 amide bonds. The van der Waals surface area contributed by atoms with Gasteiger partial charge >= 0.3 is 6.18 Å². The Morgan fingerprint density at radius 1 is 1.03 bits per heavy atom. The number of hydrogen-bond acceptors (Lipinski definition) is 4. The highest BCUT2D eigenvalue weighted by molar-refractivity contribution is 6.36. The fraction of sp³-hybridized carbons (Fsp3) is 0.304. The summed E-state index contributed by atoms with van der Waals surface area (Å²) < 4.78 is 58.0. The van der Waals surface area contributed by atoms with Crippen LogP contribution in [0.3, 0.4) is 0 Å². The highest BCUT2D eigenvalue weighted by atomic mass is 19.4. The molecule has 1 aliphatic rings. The first-order chi connectivity index (χ1) is 15.1. The minimum Gasteiger partial charge on any atom is -0.379 e. The van der Waals surface area contributed by atoms with E-state index >= 15 is 0 Å². The number of nitrogens with zero attached hydrogens (tertiary/aromatic N) is 1. The fourth-order valence-electron chi connectivity index (χ4n) is 3.24. The molecule has 0 fully saturated rings. The van der Waals surface area contributed by atoms with Crippen LogP contribution in [0.2, 0.25) is 0 Å². The van der Waals surface area contributed by atoms with Crippen molar-refractivity contribution in [3.63, 3.8) is 0 Å². The van der Waals surface area contributed by atoms with Crippen molar-refractivity contribution in [3.05, 3.63) is 71.2 Å². The molecule has 5 nitrogen and oxygen atoms in total. The Morgan fingerprint density at radius 3 is 2.34 bits per heavy atom. The van der Waals surface area contributed by atoms with Crippen LogP contribution in [-0.2, 0) is 20.5 Å². The first-order valence-corrected chi connectivity index (χ1v) is 10.00. The summed E-state index contributed by atoms with van der Waals surface area (Å²) in [5.74, 6) is -1.81. The molecule has 2 aromatic rings. The van der Waals surface area contributed by atoms with Gasteiger partial charge in [-0.1, -0.05) is 18.2 Å². The van der Waals surface area contributed by atoms with Crippen LogP contribution in [0.15, 0.2) is 54.2 Å². The molecule has 0 radical (unpaired) electrons. The average Bonchev–Trinajstić information content (AvgIpc) is 2.95. The summed E-state index contributed by atoms with van der Waals surface area (Å²) in [7, 11) is 0. The van der Waals surface area contributed by atoms with E-state index in [1.165, 1.54) is 24.3 Å². The van der Waals surface area contributed by atoms with Crippen molar-refractivity contribution in [1.82, 2.24) is 4.90 Å². The molecule has 0 atom stereocenters. The van der Waals surface area contributed by atoms with Crippen LogP contribution < -0.4 is 5.32 Å². The molecule has 1 aliphatic heterocycles. The number of benzene rings is 2. The first-order valence-electron chi connectivity index (χ1n) is 10.00. The number of anilines is 1. The Kier molecular flexibility index (Phi) is 6.98. The molecule has 0 unspecified atom stereocenters. The third-order valence-electron chi connectivity index (χ3n) is 4.74. The molecule has 0 aromatic heterocycles. The molecule has 170 valence electrons. The summed E-state index contributed by atoms with van der Waals surface area (Å²) >= 11 is 0. The summed E-state index contributed by atoms with van der Waals surface area (Å²) in [4.78, 5) is 27.1. The third kappa shape index (κ3) is 5.34. The van der Waals surface area contributed by atoms with Crippen molar-refractivity contribution >= 4 is 23.1 Å². The van der Waals surface area contributed by atoms with Gasteiger partial charge in [0.15, 0.2) is 0 Å². The molecular formula is C23H22F4N2O3. The van der Waals surface area contributed by atoms with Gasteiger partial charge in [0.1, 0.15) is 11.5 Å². The maximum Gasteiger partial charge on any atom is 0.416 e. The Balaban J connectivity index is 1.93. The van der Waals surface area contributed by atoms with Crippen molar-refractivity contribution in [3.8, 4) is 0 Å². The summed E-state index contributed by atoms with van der Waals surface area (Å²) in [6.45, 7) is 4.12. The number of imide groups is 1. The number of hydrogen-bond donors (Lipinski definition) is 1. The highest BCUT2D eigenvalue weighted by Crippen LogP contribution is 2.34. The average molecular weight is 450 g/mol. The predicted molar refractivity (Wildman–Crippen MR) is 111 cm³/mol. The monoisotopic (exact) mass is 450 g/mol. The summed E-state index contributed by atoms with van der Waals surface area (Å²) in [6, 6.07) is 9.29. The van der Waals surface area contributed by atoms with Crippen LogP contribution in [0, 0.1) is 5.82 Å². The largest absolute Gasteiger partial charge is 0.416 e. The lowest BCUT2D eigenvalue weighted by Gasteiger charge is -2.16. The van der Waals surface area contributed by atoms with Crippen LogP contribution >= 0.6 is 0 Å². The maximum absolute atomic E-state index is 13.4. The van der Waals surface area contributed by atoms with Gasteiger partial charge < -0.3 is 10.1 Å². The highest BCUT2D eigenvalue weighted by Gasteiger charge is 2.39. The third-order valence-corrected chi connectivity index (χ3v) is 4.74. The number of amides is 2. The van der Waals surface area contributed by atoms with E-state index in [2.05, 4.69) is 5.32 Å². The Hall–Kier alpha value is -3.20. The Labute approximate surface area is 182 Å². The molecule has 0 saturated carbocycles. The topological polar surface area (TPSA) is 58.6 Å². The van der Waals surface area contributed by atoms with E-state index in [-0.39, 0.29) is 35.2 Å². The molecule has 0 saturated heterocycles. The second-order valence-electron chi connectivity index (χ2n) is 7.50. The van der Waals surface area contributed by atoms with Gasteiger partial charge in [-0.3, -0.25) is 14.5 Å². The normalized spacial score (nSPS) is 14.7. The lowest BCUT2D eigenvalue weighted by atomic mass is 10.0. The zero-order valence-electron chi connectivity index (χ0n) is 17.5. The van der Waals surface area contributed by atoms with Crippen LogP contribution in [0.5, 0.6) is 0 Å². The van der Waals surface area contributed by atoms with Gasteiger partial charge in [0.05, 0.1) is 17.2 Å². The SMILES string of the molecule is CC(C)OCCCN1C(=O)C(Nc2cccc(C(F)(F)F)c2)=C(c2ccc(F)cc2)C1=O.